The summed E-state index contributed by atoms with van der Waals surface area (Å²) in [7, 11) is 1.57. The molecule has 1 atom stereocenters. The molecule has 1 unspecified atom stereocenters. The molecule has 0 aliphatic heterocycles. The van der Waals surface area contributed by atoms with Crippen LogP contribution in [-0.2, 0) is 0 Å². The Balaban J connectivity index is 2.84. The number of carbonyl (C=O) groups excluding carboxylic acids is 1. The van der Waals surface area contributed by atoms with Crippen LogP contribution in [0.5, 0.6) is 5.75 Å². The highest BCUT2D eigenvalue weighted by Gasteiger charge is 2.17. The summed E-state index contributed by atoms with van der Waals surface area (Å²) in [5.41, 5.74) is 6.78. The lowest BCUT2D eigenvalue weighted by atomic mass is 10.0. The van der Waals surface area contributed by atoms with Crippen LogP contribution in [-0.4, -0.2) is 19.1 Å². The second-order valence-corrected chi connectivity index (χ2v) is 4.69. The molecular weight excluding hydrogens is 228 g/mol. The lowest BCUT2D eigenvalue weighted by Crippen LogP contribution is -2.38. The first-order valence-electron chi connectivity index (χ1n) is 6.24. The van der Waals surface area contributed by atoms with E-state index in [2.05, 4.69) is 26.1 Å². The zero-order valence-electron chi connectivity index (χ0n) is 11.5. The maximum Gasteiger partial charge on any atom is 0.253 e. The molecule has 1 amide bonds. The maximum atomic E-state index is 12.1. The Hall–Kier alpha value is -1.71. The van der Waals surface area contributed by atoms with Gasteiger partial charge in [-0.1, -0.05) is 20.8 Å². The molecule has 0 fully saturated rings. The van der Waals surface area contributed by atoms with Crippen LogP contribution in [0, 0.1) is 5.92 Å². The molecule has 0 aliphatic rings. The molecule has 0 spiro atoms. The number of rotatable bonds is 5. The quantitative estimate of drug-likeness (QED) is 0.789. The van der Waals surface area contributed by atoms with Gasteiger partial charge < -0.3 is 15.8 Å². The van der Waals surface area contributed by atoms with Crippen LogP contribution in [0.4, 0.5) is 5.69 Å². The summed E-state index contributed by atoms with van der Waals surface area (Å²) in [5.74, 6) is 0.925. The summed E-state index contributed by atoms with van der Waals surface area (Å²) in [5, 5.41) is 3.00. The monoisotopic (exact) mass is 250 g/mol. The summed E-state index contributed by atoms with van der Waals surface area (Å²) in [4.78, 5) is 12.1. The van der Waals surface area contributed by atoms with Crippen molar-refractivity contribution < 1.29 is 9.53 Å². The lowest BCUT2D eigenvalue weighted by molar-refractivity contribution is 0.0925. The van der Waals surface area contributed by atoms with Gasteiger partial charge in [0.1, 0.15) is 5.75 Å². The molecule has 1 aromatic carbocycles. The zero-order chi connectivity index (χ0) is 13.7. The Bertz CT molecular complexity index is 416. The van der Waals surface area contributed by atoms with Crippen molar-refractivity contribution in [2.24, 2.45) is 5.92 Å². The van der Waals surface area contributed by atoms with Crippen LogP contribution in [0.15, 0.2) is 18.2 Å². The van der Waals surface area contributed by atoms with Crippen molar-refractivity contribution in [1.82, 2.24) is 5.32 Å². The number of ether oxygens (including phenoxy) is 1. The van der Waals surface area contributed by atoms with Crippen LogP contribution in [0.25, 0.3) is 0 Å². The van der Waals surface area contributed by atoms with Gasteiger partial charge in [-0.15, -0.1) is 0 Å². The largest absolute Gasteiger partial charge is 0.497 e. The third-order valence-electron chi connectivity index (χ3n) is 3.06. The number of benzene rings is 1. The minimum Gasteiger partial charge on any atom is -0.497 e. The average molecular weight is 250 g/mol. The smallest absolute Gasteiger partial charge is 0.253 e. The molecule has 3 N–H and O–H groups in total. The van der Waals surface area contributed by atoms with E-state index in [1.54, 1.807) is 25.3 Å². The van der Waals surface area contributed by atoms with Gasteiger partial charge in [0.15, 0.2) is 0 Å². The first kappa shape index (κ1) is 14.4. The number of anilines is 1. The molecule has 4 nitrogen and oxygen atoms in total. The van der Waals surface area contributed by atoms with E-state index in [-0.39, 0.29) is 11.9 Å². The van der Waals surface area contributed by atoms with E-state index in [0.717, 1.165) is 6.42 Å². The summed E-state index contributed by atoms with van der Waals surface area (Å²) in [6.45, 7) is 6.24. The van der Waals surface area contributed by atoms with Crippen LogP contribution in [0.3, 0.4) is 0 Å². The predicted octanol–water partition coefficient (Wildman–Crippen LogP) is 2.44. The third-order valence-corrected chi connectivity index (χ3v) is 3.06. The fourth-order valence-electron chi connectivity index (χ4n) is 1.86. The molecule has 0 aliphatic carbocycles. The van der Waals surface area contributed by atoms with Gasteiger partial charge in [-0.2, -0.15) is 0 Å². The van der Waals surface area contributed by atoms with Crippen molar-refractivity contribution in [3.63, 3.8) is 0 Å². The Morgan fingerprint density at radius 1 is 1.44 bits per heavy atom. The Kier molecular flexibility index (Phi) is 5.01. The Morgan fingerprint density at radius 3 is 2.56 bits per heavy atom. The van der Waals surface area contributed by atoms with E-state index in [0.29, 0.717) is 22.9 Å². The molecule has 0 aromatic heterocycles. The molecule has 4 heteroatoms. The van der Waals surface area contributed by atoms with Crippen LogP contribution < -0.4 is 15.8 Å². The highest BCUT2D eigenvalue weighted by atomic mass is 16.5. The number of nitrogens with one attached hydrogen (secondary N) is 1. The predicted molar refractivity (Wildman–Crippen MR) is 73.8 cm³/mol. The summed E-state index contributed by atoms with van der Waals surface area (Å²) < 4.78 is 5.06. The number of nitrogens with two attached hydrogens (primary N) is 1. The normalized spacial score (nSPS) is 12.3. The minimum atomic E-state index is -0.129. The Morgan fingerprint density at radius 2 is 2.11 bits per heavy atom. The first-order chi connectivity index (χ1) is 8.49. The number of hydrogen-bond acceptors (Lipinski definition) is 3. The van der Waals surface area contributed by atoms with E-state index >= 15 is 0 Å². The van der Waals surface area contributed by atoms with Gasteiger partial charge >= 0.3 is 0 Å². The van der Waals surface area contributed by atoms with Gasteiger partial charge in [-0.3, -0.25) is 4.79 Å². The average Bonchev–Trinajstić information content (AvgIpc) is 2.34. The van der Waals surface area contributed by atoms with Gasteiger partial charge in [0.05, 0.1) is 12.7 Å². The van der Waals surface area contributed by atoms with Gasteiger partial charge in [-0.25, -0.2) is 0 Å². The number of amides is 1. The van der Waals surface area contributed by atoms with Crippen LogP contribution in [0.2, 0.25) is 0 Å². The molecule has 0 saturated heterocycles. The molecule has 0 saturated carbocycles. The summed E-state index contributed by atoms with van der Waals surface area (Å²) >= 11 is 0. The lowest BCUT2D eigenvalue weighted by Gasteiger charge is -2.21. The van der Waals surface area contributed by atoms with E-state index in [1.165, 1.54) is 0 Å². The molecule has 0 bridgehead atoms. The van der Waals surface area contributed by atoms with E-state index in [1.807, 2.05) is 0 Å². The second-order valence-electron chi connectivity index (χ2n) is 4.69. The van der Waals surface area contributed by atoms with E-state index < -0.39 is 0 Å². The number of hydrogen-bond donors (Lipinski definition) is 2. The second kappa shape index (κ2) is 6.28. The van der Waals surface area contributed by atoms with E-state index in [4.69, 9.17) is 10.5 Å². The standard InChI is InChI=1S/C14H22N2O2/c1-5-13(9(2)3)16-14(17)11-7-6-10(18-4)8-12(11)15/h6-9,13H,5,15H2,1-4H3,(H,16,17). The SMILES string of the molecule is CCC(NC(=O)c1ccc(OC)cc1N)C(C)C. The zero-order valence-corrected chi connectivity index (χ0v) is 11.5. The van der Waals surface area contributed by atoms with Crippen molar-refractivity contribution in [1.29, 1.82) is 0 Å². The number of nitrogen functional groups attached to an aromatic ring is 1. The Labute approximate surface area is 109 Å². The minimum absolute atomic E-state index is 0.129. The number of methoxy groups -OCH3 is 1. The highest BCUT2D eigenvalue weighted by Crippen LogP contribution is 2.20. The molecule has 18 heavy (non-hydrogen) atoms. The molecule has 0 heterocycles. The summed E-state index contributed by atoms with van der Waals surface area (Å²) in [6, 6.07) is 5.25. The number of carbonyl (C=O) groups is 1. The van der Waals surface area contributed by atoms with Crippen LogP contribution in [0.1, 0.15) is 37.6 Å². The first-order valence-corrected chi connectivity index (χ1v) is 6.24. The molecule has 1 aromatic rings. The van der Waals surface area contributed by atoms with Crippen LogP contribution >= 0.6 is 0 Å². The highest BCUT2D eigenvalue weighted by molar-refractivity contribution is 5.99. The van der Waals surface area contributed by atoms with Crippen molar-refractivity contribution in [2.45, 2.75) is 33.2 Å². The van der Waals surface area contributed by atoms with Crippen molar-refractivity contribution in [3.8, 4) is 5.75 Å². The fourth-order valence-corrected chi connectivity index (χ4v) is 1.86. The summed E-state index contributed by atoms with van der Waals surface area (Å²) in [6.07, 6.45) is 0.902. The van der Waals surface area contributed by atoms with E-state index in [9.17, 15) is 4.79 Å². The van der Waals surface area contributed by atoms with Gasteiger partial charge in [0, 0.05) is 17.8 Å². The van der Waals surface area contributed by atoms with Gasteiger partial charge in [0.25, 0.3) is 5.91 Å². The van der Waals surface area contributed by atoms with Gasteiger partial charge in [0.2, 0.25) is 0 Å². The van der Waals surface area contributed by atoms with Crippen molar-refractivity contribution >= 4 is 11.6 Å². The van der Waals surface area contributed by atoms with Crippen molar-refractivity contribution in [2.75, 3.05) is 12.8 Å². The molecule has 100 valence electrons. The topological polar surface area (TPSA) is 64.3 Å². The van der Waals surface area contributed by atoms with Gasteiger partial charge in [-0.05, 0) is 24.5 Å². The molecule has 0 radical (unpaired) electrons. The molecule has 1 rings (SSSR count). The molecular formula is C14H22N2O2. The fraction of sp³-hybridized carbons (Fsp3) is 0.500. The third kappa shape index (κ3) is 3.39. The maximum absolute atomic E-state index is 12.1. The van der Waals surface area contributed by atoms with Crippen molar-refractivity contribution in [3.05, 3.63) is 23.8 Å².